The number of para-hydroxylation sites is 1. The number of rotatable bonds is 8. The summed E-state index contributed by atoms with van der Waals surface area (Å²) in [4.78, 5) is 18.6. The quantitative estimate of drug-likeness (QED) is 0.307. The van der Waals surface area contributed by atoms with Crippen LogP contribution in [-0.4, -0.2) is 66.4 Å². The summed E-state index contributed by atoms with van der Waals surface area (Å²) in [5.41, 5.74) is 0.635. The van der Waals surface area contributed by atoms with E-state index in [1.807, 2.05) is 35.2 Å². The fourth-order valence-corrected chi connectivity index (χ4v) is 6.79. The second-order valence-corrected chi connectivity index (χ2v) is 11.7. The van der Waals surface area contributed by atoms with Gasteiger partial charge < -0.3 is 19.5 Å². The van der Waals surface area contributed by atoms with Crippen molar-refractivity contribution in [3.05, 3.63) is 95.8 Å². The normalized spacial score (nSPS) is 15.3. The van der Waals surface area contributed by atoms with Crippen LogP contribution in [0.4, 0.5) is 5.13 Å². The molecule has 1 fully saturated rings. The van der Waals surface area contributed by atoms with Gasteiger partial charge in [-0.15, -0.1) is 0 Å². The van der Waals surface area contributed by atoms with Crippen molar-refractivity contribution in [1.29, 1.82) is 0 Å². The molecule has 0 aliphatic carbocycles. The molecule has 1 aliphatic rings. The zero-order chi connectivity index (χ0) is 28.1. The molecular formula is C28H28N4O6S2. The molecule has 10 nitrogen and oxygen atoms in total. The maximum atomic E-state index is 13.4. The Morgan fingerprint density at radius 2 is 1.62 bits per heavy atom. The van der Waals surface area contributed by atoms with Gasteiger partial charge in [0.2, 0.25) is 15.2 Å². The van der Waals surface area contributed by atoms with Gasteiger partial charge in [0.05, 0.1) is 17.6 Å². The van der Waals surface area contributed by atoms with Gasteiger partial charge in [0.1, 0.15) is 17.6 Å². The van der Waals surface area contributed by atoms with Crippen LogP contribution in [0.25, 0.3) is 0 Å². The lowest BCUT2D eigenvalue weighted by atomic mass is 10.1. The maximum absolute atomic E-state index is 13.4. The average molecular weight is 581 g/mol. The van der Waals surface area contributed by atoms with E-state index in [2.05, 4.69) is 9.36 Å². The molecule has 0 amide bonds. The van der Waals surface area contributed by atoms with Crippen LogP contribution in [0.5, 0.6) is 11.5 Å². The Morgan fingerprint density at radius 1 is 0.925 bits per heavy atom. The van der Waals surface area contributed by atoms with E-state index in [1.165, 1.54) is 23.5 Å². The van der Waals surface area contributed by atoms with E-state index in [1.54, 1.807) is 36.4 Å². The highest BCUT2D eigenvalue weighted by Gasteiger charge is 2.31. The number of benzene rings is 3. The predicted molar refractivity (Wildman–Crippen MR) is 150 cm³/mol. The van der Waals surface area contributed by atoms with E-state index in [0.717, 1.165) is 17.3 Å². The number of ether oxygens (including phenoxy) is 2. The largest absolute Gasteiger partial charge is 0.465 e. The molecule has 4 aromatic rings. The number of carbonyl (C=O) groups excluding carboxylic acids is 1. The van der Waals surface area contributed by atoms with Gasteiger partial charge in [-0.25, -0.2) is 18.2 Å². The molecule has 2 heterocycles. The first-order valence-corrected chi connectivity index (χ1v) is 14.8. The highest BCUT2D eigenvalue weighted by molar-refractivity contribution is 7.89. The average Bonchev–Trinajstić information content (AvgIpc) is 3.34. The highest BCUT2D eigenvalue weighted by atomic mass is 32.2. The number of esters is 1. The molecule has 0 radical (unpaired) electrons. The lowest BCUT2D eigenvalue weighted by Gasteiger charge is -2.22. The predicted octanol–water partition coefficient (Wildman–Crippen LogP) is 4.10. The van der Waals surface area contributed by atoms with Crippen molar-refractivity contribution in [3.8, 4) is 11.5 Å². The first kappa shape index (κ1) is 27.7. The Hall–Kier alpha value is -3.84. The van der Waals surface area contributed by atoms with Crippen molar-refractivity contribution in [3.63, 3.8) is 0 Å². The van der Waals surface area contributed by atoms with Crippen molar-refractivity contribution < 1.29 is 27.8 Å². The molecule has 3 aromatic carbocycles. The zero-order valence-corrected chi connectivity index (χ0v) is 23.3. The minimum absolute atomic E-state index is 0.00789. The number of hydrogen-bond acceptors (Lipinski definition) is 10. The third-order valence-electron chi connectivity index (χ3n) is 6.49. The number of anilines is 1. The van der Waals surface area contributed by atoms with Crippen LogP contribution >= 0.6 is 11.5 Å². The molecule has 1 aliphatic heterocycles. The minimum atomic E-state index is -3.92. The zero-order valence-electron chi connectivity index (χ0n) is 21.7. The number of aliphatic hydroxyl groups excluding tert-OH is 1. The van der Waals surface area contributed by atoms with Crippen LogP contribution in [-0.2, 0) is 14.8 Å². The number of aromatic nitrogens is 2. The Balaban J connectivity index is 1.25. The van der Waals surface area contributed by atoms with Crippen LogP contribution in [0, 0.1) is 0 Å². The summed E-state index contributed by atoms with van der Waals surface area (Å²) in [5, 5.41) is 11.5. The standard InChI is InChI=1S/C28H28N4O6S2/c1-37-27(34)23-10-5-6-11-24(23)40(35,36)32-17-7-16-31(18-19-32)28-29-26(30-39-28)25(33)20-12-14-22(15-13-20)38-21-8-3-2-4-9-21/h2-6,8-15,25,33H,7,16-19H2,1H3. The van der Waals surface area contributed by atoms with Gasteiger partial charge in [-0.2, -0.15) is 8.68 Å². The van der Waals surface area contributed by atoms with Gasteiger partial charge in [0, 0.05) is 37.7 Å². The van der Waals surface area contributed by atoms with E-state index < -0.39 is 22.1 Å². The molecule has 1 unspecified atom stereocenters. The third-order valence-corrected chi connectivity index (χ3v) is 9.23. The van der Waals surface area contributed by atoms with E-state index in [9.17, 15) is 18.3 Å². The number of carbonyl (C=O) groups is 1. The first-order valence-electron chi connectivity index (χ1n) is 12.6. The van der Waals surface area contributed by atoms with Crippen LogP contribution in [0.2, 0.25) is 0 Å². The second-order valence-electron chi connectivity index (χ2n) is 9.05. The smallest absolute Gasteiger partial charge is 0.339 e. The van der Waals surface area contributed by atoms with Crippen molar-refractivity contribution in [2.24, 2.45) is 0 Å². The molecule has 1 atom stereocenters. The number of nitrogens with zero attached hydrogens (tertiary/aromatic N) is 4. The molecule has 0 saturated carbocycles. The molecule has 1 N–H and O–H groups in total. The van der Waals surface area contributed by atoms with E-state index in [0.29, 0.717) is 42.5 Å². The Kier molecular flexibility index (Phi) is 8.40. The monoisotopic (exact) mass is 580 g/mol. The van der Waals surface area contributed by atoms with Crippen LogP contribution in [0.1, 0.15) is 34.3 Å². The highest BCUT2D eigenvalue weighted by Crippen LogP contribution is 2.29. The first-order chi connectivity index (χ1) is 19.4. The fraction of sp³-hybridized carbons (Fsp3) is 0.250. The lowest BCUT2D eigenvalue weighted by Crippen LogP contribution is -2.36. The summed E-state index contributed by atoms with van der Waals surface area (Å²) < 4.78 is 43.2. The fourth-order valence-electron chi connectivity index (χ4n) is 4.39. The van der Waals surface area contributed by atoms with Crippen molar-refractivity contribution in [2.45, 2.75) is 17.4 Å². The second kappa shape index (κ2) is 12.1. The van der Waals surface area contributed by atoms with Crippen molar-refractivity contribution >= 4 is 32.7 Å². The van der Waals surface area contributed by atoms with E-state index in [-0.39, 0.29) is 22.8 Å². The van der Waals surface area contributed by atoms with Crippen LogP contribution < -0.4 is 9.64 Å². The van der Waals surface area contributed by atoms with Gasteiger partial charge in [-0.05, 0) is 48.4 Å². The van der Waals surface area contributed by atoms with Crippen LogP contribution in [0.3, 0.4) is 0 Å². The maximum Gasteiger partial charge on any atom is 0.339 e. The summed E-state index contributed by atoms with van der Waals surface area (Å²) in [6.45, 7) is 1.45. The van der Waals surface area contributed by atoms with Gasteiger partial charge in [0.15, 0.2) is 5.82 Å². The number of hydrogen-bond donors (Lipinski definition) is 1. The van der Waals surface area contributed by atoms with Crippen molar-refractivity contribution in [1.82, 2.24) is 13.7 Å². The topological polar surface area (TPSA) is 122 Å². The number of sulfonamides is 1. The number of aliphatic hydroxyl groups is 1. The van der Waals surface area contributed by atoms with Gasteiger partial charge in [-0.1, -0.05) is 42.5 Å². The summed E-state index contributed by atoms with van der Waals surface area (Å²) in [5.74, 6) is 0.942. The summed E-state index contributed by atoms with van der Waals surface area (Å²) in [6, 6.07) is 22.6. The molecule has 1 aromatic heterocycles. The summed E-state index contributed by atoms with van der Waals surface area (Å²) in [7, 11) is -2.70. The van der Waals surface area contributed by atoms with Gasteiger partial charge >= 0.3 is 5.97 Å². The third kappa shape index (κ3) is 5.99. The van der Waals surface area contributed by atoms with E-state index >= 15 is 0 Å². The molecule has 12 heteroatoms. The molecule has 1 saturated heterocycles. The lowest BCUT2D eigenvalue weighted by molar-refractivity contribution is 0.0596. The number of methoxy groups -OCH3 is 1. The SMILES string of the molecule is COC(=O)c1ccccc1S(=O)(=O)N1CCCN(c2nc(C(O)c3ccc(Oc4ccccc4)cc3)ns2)CC1. The molecule has 5 rings (SSSR count). The molecule has 0 bridgehead atoms. The molecule has 0 spiro atoms. The minimum Gasteiger partial charge on any atom is -0.465 e. The van der Waals surface area contributed by atoms with Gasteiger partial charge in [0.25, 0.3) is 0 Å². The summed E-state index contributed by atoms with van der Waals surface area (Å²) in [6.07, 6.45) is -0.464. The molecule has 40 heavy (non-hydrogen) atoms. The van der Waals surface area contributed by atoms with E-state index in [4.69, 9.17) is 9.47 Å². The Morgan fingerprint density at radius 3 is 2.38 bits per heavy atom. The van der Waals surface area contributed by atoms with Crippen molar-refractivity contribution in [2.75, 3.05) is 38.2 Å². The molecular weight excluding hydrogens is 552 g/mol. The molecule has 208 valence electrons. The Labute approximate surface area is 236 Å². The van der Waals surface area contributed by atoms with Crippen LogP contribution in [0.15, 0.2) is 83.8 Å². The van der Waals surface area contributed by atoms with Gasteiger partial charge in [-0.3, -0.25) is 0 Å². The summed E-state index contributed by atoms with van der Waals surface area (Å²) >= 11 is 1.16. The Bertz CT molecular complexity index is 1560.